The highest BCUT2D eigenvalue weighted by Gasteiger charge is 2.29. The van der Waals surface area contributed by atoms with Crippen molar-refractivity contribution in [1.29, 1.82) is 0 Å². The summed E-state index contributed by atoms with van der Waals surface area (Å²) in [5.41, 5.74) is 0.637. The first-order valence-electron chi connectivity index (χ1n) is 7.83. The Hall–Kier alpha value is -1.16. The predicted octanol–water partition coefficient (Wildman–Crippen LogP) is 1.65. The van der Waals surface area contributed by atoms with Crippen molar-refractivity contribution in [2.75, 3.05) is 26.5 Å². The molecule has 0 aliphatic carbocycles. The molecule has 0 atom stereocenters. The monoisotopic (exact) mass is 392 g/mol. The van der Waals surface area contributed by atoms with Crippen LogP contribution < -0.4 is 9.46 Å². The molecular formula is C16H28N2O5S2. The Labute approximate surface area is 151 Å². The molecule has 0 saturated carbocycles. The summed E-state index contributed by atoms with van der Waals surface area (Å²) in [6.07, 6.45) is 1.11. The number of hydrogen-bond acceptors (Lipinski definition) is 5. The van der Waals surface area contributed by atoms with E-state index in [-0.39, 0.29) is 18.0 Å². The minimum Gasteiger partial charge on any atom is -0.496 e. The van der Waals surface area contributed by atoms with Crippen molar-refractivity contribution in [3.63, 3.8) is 0 Å². The van der Waals surface area contributed by atoms with E-state index in [9.17, 15) is 16.8 Å². The van der Waals surface area contributed by atoms with Crippen LogP contribution in [0, 0.1) is 13.8 Å². The summed E-state index contributed by atoms with van der Waals surface area (Å²) in [6, 6.07) is 3.22. The van der Waals surface area contributed by atoms with Gasteiger partial charge in [-0.15, -0.1) is 0 Å². The lowest BCUT2D eigenvalue weighted by molar-refractivity contribution is 0.254. The Bertz CT molecular complexity index is 825. The van der Waals surface area contributed by atoms with E-state index in [1.807, 2.05) is 0 Å². The van der Waals surface area contributed by atoms with E-state index < -0.39 is 25.6 Å². The lowest BCUT2D eigenvalue weighted by atomic mass is 10.1. The number of rotatable bonds is 7. The quantitative estimate of drug-likeness (QED) is 0.762. The number of nitrogens with zero attached hydrogens (tertiary/aromatic N) is 1. The highest BCUT2D eigenvalue weighted by atomic mass is 32.2. The number of sulfonamides is 2. The number of benzene rings is 1. The molecule has 0 heterocycles. The maximum absolute atomic E-state index is 12.6. The average molecular weight is 393 g/mol. The summed E-state index contributed by atoms with van der Waals surface area (Å²) in [7, 11) is -5.67. The second-order valence-corrected chi connectivity index (χ2v) is 10.6. The van der Waals surface area contributed by atoms with Crippen LogP contribution in [0.25, 0.3) is 0 Å². The molecule has 1 aromatic rings. The van der Waals surface area contributed by atoms with E-state index in [0.717, 1.165) is 6.26 Å². The van der Waals surface area contributed by atoms with Gasteiger partial charge in [-0.25, -0.2) is 21.6 Å². The highest BCUT2D eigenvalue weighted by Crippen LogP contribution is 2.25. The van der Waals surface area contributed by atoms with Gasteiger partial charge in [0.2, 0.25) is 20.0 Å². The molecule has 9 heteroatoms. The summed E-state index contributed by atoms with van der Waals surface area (Å²) in [6.45, 7) is 8.78. The van der Waals surface area contributed by atoms with Gasteiger partial charge in [0.25, 0.3) is 0 Å². The Morgan fingerprint density at radius 2 is 1.64 bits per heavy atom. The minimum atomic E-state index is -3.75. The van der Waals surface area contributed by atoms with Gasteiger partial charge >= 0.3 is 0 Å². The van der Waals surface area contributed by atoms with Gasteiger partial charge in [-0.1, -0.05) is 0 Å². The van der Waals surface area contributed by atoms with Crippen molar-refractivity contribution < 1.29 is 21.6 Å². The Morgan fingerprint density at radius 3 is 2.08 bits per heavy atom. The molecule has 0 bridgehead atoms. The van der Waals surface area contributed by atoms with Crippen molar-refractivity contribution in [3.8, 4) is 5.75 Å². The van der Waals surface area contributed by atoms with Crippen molar-refractivity contribution in [3.05, 3.63) is 23.3 Å². The molecule has 0 spiro atoms. The molecule has 0 saturated heterocycles. The SMILES string of the molecule is COc1cc(C)c(S(=O)(=O)NCCN(C(C)(C)C)S(C)(=O)=O)cc1C. The molecule has 0 radical (unpaired) electrons. The van der Waals surface area contributed by atoms with Gasteiger partial charge in [-0.2, -0.15) is 4.31 Å². The Balaban J connectivity index is 2.98. The summed E-state index contributed by atoms with van der Waals surface area (Å²) in [5.74, 6) is 0.618. The Morgan fingerprint density at radius 1 is 1.08 bits per heavy atom. The van der Waals surface area contributed by atoms with Gasteiger partial charge in [-0.3, -0.25) is 0 Å². The van der Waals surface area contributed by atoms with Gasteiger partial charge in [0.15, 0.2) is 0 Å². The average Bonchev–Trinajstić information content (AvgIpc) is 2.42. The number of aryl methyl sites for hydroxylation is 2. The molecular weight excluding hydrogens is 364 g/mol. The first-order valence-corrected chi connectivity index (χ1v) is 11.2. The van der Waals surface area contributed by atoms with Crippen molar-refractivity contribution in [1.82, 2.24) is 9.03 Å². The van der Waals surface area contributed by atoms with Gasteiger partial charge in [0, 0.05) is 18.6 Å². The minimum absolute atomic E-state index is 0.0167. The van der Waals surface area contributed by atoms with Crippen LogP contribution in [0.1, 0.15) is 31.9 Å². The van der Waals surface area contributed by atoms with Crippen LogP contribution in [-0.2, 0) is 20.0 Å². The zero-order chi connectivity index (χ0) is 19.6. The topological polar surface area (TPSA) is 92.8 Å². The van der Waals surface area contributed by atoms with Crippen LogP contribution in [0.4, 0.5) is 0 Å². The van der Waals surface area contributed by atoms with Crippen LogP contribution in [-0.4, -0.2) is 53.1 Å². The number of hydrogen-bond donors (Lipinski definition) is 1. The summed E-state index contributed by atoms with van der Waals surface area (Å²) < 4.78 is 57.9. The summed E-state index contributed by atoms with van der Waals surface area (Å²) in [5, 5.41) is 0. The lowest BCUT2D eigenvalue weighted by Gasteiger charge is -2.33. The second kappa shape index (κ2) is 7.61. The number of ether oxygens (including phenoxy) is 1. The van der Waals surface area contributed by atoms with E-state index >= 15 is 0 Å². The first-order chi connectivity index (χ1) is 11.2. The maximum atomic E-state index is 12.6. The fourth-order valence-corrected chi connectivity index (χ4v) is 5.38. The highest BCUT2D eigenvalue weighted by molar-refractivity contribution is 7.89. The fourth-order valence-electron chi connectivity index (χ4n) is 2.63. The maximum Gasteiger partial charge on any atom is 0.240 e. The third-order valence-electron chi connectivity index (χ3n) is 3.74. The third-order valence-corrected chi connectivity index (χ3v) is 6.87. The van der Waals surface area contributed by atoms with E-state index in [1.54, 1.807) is 46.8 Å². The van der Waals surface area contributed by atoms with E-state index in [4.69, 9.17) is 4.74 Å². The standard InChI is InChI=1S/C16H28N2O5S2/c1-12-11-15(13(2)10-14(12)23-6)25(21,22)17-8-9-18(16(3,4)5)24(7,19)20/h10-11,17H,8-9H2,1-7H3. The number of methoxy groups -OCH3 is 1. The van der Waals surface area contributed by atoms with Gasteiger partial charge in [-0.05, 0) is 57.9 Å². The molecule has 0 aliphatic rings. The van der Waals surface area contributed by atoms with Crippen LogP contribution in [0.3, 0.4) is 0 Å². The molecule has 7 nitrogen and oxygen atoms in total. The molecule has 0 amide bonds. The van der Waals surface area contributed by atoms with Crippen LogP contribution in [0.15, 0.2) is 17.0 Å². The van der Waals surface area contributed by atoms with Crippen LogP contribution in [0.5, 0.6) is 5.75 Å². The van der Waals surface area contributed by atoms with E-state index in [2.05, 4.69) is 4.72 Å². The molecule has 144 valence electrons. The zero-order valence-corrected chi connectivity index (χ0v) is 17.5. The van der Waals surface area contributed by atoms with Crippen molar-refractivity contribution in [2.45, 2.75) is 45.1 Å². The molecule has 1 N–H and O–H groups in total. The molecule has 1 rings (SSSR count). The smallest absolute Gasteiger partial charge is 0.240 e. The van der Waals surface area contributed by atoms with Crippen molar-refractivity contribution in [2.24, 2.45) is 0 Å². The largest absolute Gasteiger partial charge is 0.496 e. The third kappa shape index (κ3) is 5.67. The molecule has 25 heavy (non-hydrogen) atoms. The summed E-state index contributed by atoms with van der Waals surface area (Å²) in [4.78, 5) is 0.160. The van der Waals surface area contributed by atoms with Gasteiger partial charge in [0.1, 0.15) is 5.75 Å². The van der Waals surface area contributed by atoms with Crippen molar-refractivity contribution >= 4 is 20.0 Å². The normalized spacial score (nSPS) is 13.3. The molecule has 0 fully saturated rings. The molecule has 0 aromatic heterocycles. The fraction of sp³-hybridized carbons (Fsp3) is 0.625. The van der Waals surface area contributed by atoms with Crippen LogP contribution in [0.2, 0.25) is 0 Å². The Kier molecular flexibility index (Phi) is 6.66. The van der Waals surface area contributed by atoms with Crippen LogP contribution >= 0.6 is 0 Å². The van der Waals surface area contributed by atoms with E-state index in [1.165, 1.54) is 11.4 Å². The van der Waals surface area contributed by atoms with Gasteiger partial charge in [0.05, 0.1) is 18.3 Å². The summed E-state index contributed by atoms with van der Waals surface area (Å²) >= 11 is 0. The molecule has 0 aliphatic heterocycles. The molecule has 1 aromatic carbocycles. The number of nitrogens with one attached hydrogen (secondary N) is 1. The zero-order valence-electron chi connectivity index (χ0n) is 15.9. The van der Waals surface area contributed by atoms with E-state index in [0.29, 0.717) is 16.9 Å². The molecule has 0 unspecified atom stereocenters. The predicted molar refractivity (Wildman–Crippen MR) is 99.0 cm³/mol. The first kappa shape index (κ1) is 21.9. The second-order valence-electron chi connectivity index (χ2n) is 6.99. The lowest BCUT2D eigenvalue weighted by Crippen LogP contribution is -2.48. The van der Waals surface area contributed by atoms with Gasteiger partial charge < -0.3 is 4.74 Å².